The number of nitrogens with zero attached hydrogens (tertiary/aromatic N) is 1. The summed E-state index contributed by atoms with van der Waals surface area (Å²) in [6, 6.07) is 10.1. The second-order valence-corrected chi connectivity index (χ2v) is 4.24. The molecule has 21 heavy (non-hydrogen) atoms. The molecule has 2 rings (SSSR count). The highest BCUT2D eigenvalue weighted by Crippen LogP contribution is 2.21. The second kappa shape index (κ2) is 6.01. The summed E-state index contributed by atoms with van der Waals surface area (Å²) in [5, 5.41) is 20.4. The van der Waals surface area contributed by atoms with E-state index in [1.165, 1.54) is 0 Å². The maximum atomic E-state index is 13.6. The van der Waals surface area contributed by atoms with Gasteiger partial charge in [0.15, 0.2) is 0 Å². The molecule has 0 saturated carbocycles. The third kappa shape index (κ3) is 3.15. The molecule has 6 heteroatoms. The van der Waals surface area contributed by atoms with Crippen molar-refractivity contribution in [1.82, 2.24) is 0 Å². The predicted octanol–water partition coefficient (Wildman–Crippen LogP) is 3.15. The van der Waals surface area contributed by atoms with E-state index >= 15 is 0 Å². The Morgan fingerprint density at radius 3 is 2.62 bits per heavy atom. The minimum absolute atomic E-state index is 0.116. The lowest BCUT2D eigenvalue weighted by atomic mass is 10.1. The van der Waals surface area contributed by atoms with Gasteiger partial charge in [-0.05, 0) is 17.7 Å². The summed E-state index contributed by atoms with van der Waals surface area (Å²) in [4.78, 5) is 10.8. The molecule has 106 valence electrons. The van der Waals surface area contributed by atoms with Crippen molar-refractivity contribution in [1.29, 1.82) is 5.26 Å². The molecule has 0 radical (unpaired) electrons. The number of nitriles is 1. The smallest absolute Gasteiger partial charge is 0.338 e. The first-order chi connectivity index (χ1) is 10.0. The first-order valence-corrected chi connectivity index (χ1v) is 5.97. The Hall–Kier alpha value is -2.94. The molecule has 0 atom stereocenters. The van der Waals surface area contributed by atoms with Gasteiger partial charge in [-0.15, -0.1) is 0 Å². The minimum atomic E-state index is -1.48. The fraction of sp³-hybridized carbons (Fsp3) is 0.0667. The highest BCUT2D eigenvalue weighted by atomic mass is 19.1. The van der Waals surface area contributed by atoms with E-state index in [-0.39, 0.29) is 12.2 Å². The SMILES string of the molecule is N#Cc1ccccc1CNc1cc(C(=O)O)c(F)cc1F. The van der Waals surface area contributed by atoms with Gasteiger partial charge in [-0.3, -0.25) is 0 Å². The zero-order valence-electron chi connectivity index (χ0n) is 10.7. The molecule has 0 aliphatic heterocycles. The molecule has 0 bridgehead atoms. The van der Waals surface area contributed by atoms with Crippen molar-refractivity contribution in [3.05, 3.63) is 64.7 Å². The van der Waals surface area contributed by atoms with Crippen molar-refractivity contribution < 1.29 is 18.7 Å². The number of nitrogens with one attached hydrogen (secondary N) is 1. The fourth-order valence-corrected chi connectivity index (χ4v) is 1.82. The van der Waals surface area contributed by atoms with Gasteiger partial charge in [-0.2, -0.15) is 5.26 Å². The van der Waals surface area contributed by atoms with Gasteiger partial charge in [0.2, 0.25) is 0 Å². The molecule has 0 heterocycles. The predicted molar refractivity (Wildman–Crippen MR) is 71.8 cm³/mol. The number of hydrogen-bond donors (Lipinski definition) is 2. The van der Waals surface area contributed by atoms with Crippen LogP contribution < -0.4 is 5.32 Å². The molecule has 0 saturated heterocycles. The van der Waals surface area contributed by atoms with Crippen LogP contribution in [0, 0.1) is 23.0 Å². The molecule has 2 N–H and O–H groups in total. The number of carboxylic acids is 1. The Bertz CT molecular complexity index is 739. The van der Waals surface area contributed by atoms with Gasteiger partial charge in [-0.25, -0.2) is 13.6 Å². The van der Waals surface area contributed by atoms with Gasteiger partial charge in [0.05, 0.1) is 22.9 Å². The molecule has 0 aromatic heterocycles. The summed E-state index contributed by atoms with van der Waals surface area (Å²) in [6.45, 7) is 0.116. The average molecular weight is 288 g/mol. The van der Waals surface area contributed by atoms with Crippen molar-refractivity contribution in [2.45, 2.75) is 6.54 Å². The van der Waals surface area contributed by atoms with Crippen LogP contribution in [0.1, 0.15) is 21.5 Å². The lowest BCUT2D eigenvalue weighted by Crippen LogP contribution is -2.07. The van der Waals surface area contributed by atoms with E-state index in [4.69, 9.17) is 10.4 Å². The largest absolute Gasteiger partial charge is 0.478 e. The van der Waals surface area contributed by atoms with E-state index in [1.807, 2.05) is 6.07 Å². The highest BCUT2D eigenvalue weighted by molar-refractivity contribution is 5.89. The third-order valence-corrected chi connectivity index (χ3v) is 2.89. The topological polar surface area (TPSA) is 73.1 Å². The van der Waals surface area contributed by atoms with Crippen molar-refractivity contribution in [2.24, 2.45) is 0 Å². The Kier molecular flexibility index (Phi) is 4.14. The molecule has 0 fully saturated rings. The third-order valence-electron chi connectivity index (χ3n) is 2.89. The number of carboxylic acid groups (broad SMARTS) is 1. The van der Waals surface area contributed by atoms with Crippen LogP contribution in [0.4, 0.5) is 14.5 Å². The van der Waals surface area contributed by atoms with Crippen molar-refractivity contribution in [3.8, 4) is 6.07 Å². The van der Waals surface area contributed by atoms with Gasteiger partial charge in [0.1, 0.15) is 11.6 Å². The molecular formula is C15H10F2N2O2. The summed E-state index contributed by atoms with van der Waals surface area (Å²) in [5.41, 5.74) is 0.292. The average Bonchev–Trinajstić information content (AvgIpc) is 2.46. The lowest BCUT2D eigenvalue weighted by molar-refractivity contribution is 0.0692. The lowest BCUT2D eigenvalue weighted by Gasteiger charge is -2.10. The highest BCUT2D eigenvalue weighted by Gasteiger charge is 2.15. The van der Waals surface area contributed by atoms with Gasteiger partial charge in [0, 0.05) is 12.6 Å². The van der Waals surface area contributed by atoms with E-state index in [1.54, 1.807) is 24.3 Å². The van der Waals surface area contributed by atoms with E-state index in [9.17, 15) is 13.6 Å². The van der Waals surface area contributed by atoms with Crippen molar-refractivity contribution >= 4 is 11.7 Å². The van der Waals surface area contributed by atoms with E-state index in [0.717, 1.165) is 6.07 Å². The zero-order valence-corrected chi connectivity index (χ0v) is 10.7. The number of benzene rings is 2. The maximum Gasteiger partial charge on any atom is 0.338 e. The summed E-state index contributed by atoms with van der Waals surface area (Å²) >= 11 is 0. The van der Waals surface area contributed by atoms with Gasteiger partial charge in [0.25, 0.3) is 0 Å². The maximum absolute atomic E-state index is 13.6. The zero-order chi connectivity index (χ0) is 15.4. The molecule has 0 spiro atoms. The summed E-state index contributed by atoms with van der Waals surface area (Å²) in [7, 11) is 0. The van der Waals surface area contributed by atoms with E-state index in [2.05, 4.69) is 5.32 Å². The van der Waals surface area contributed by atoms with Crippen LogP contribution in [0.3, 0.4) is 0 Å². The Labute approximate surface area is 119 Å². The van der Waals surface area contributed by atoms with Crippen LogP contribution in [0.15, 0.2) is 36.4 Å². The number of carbonyl (C=O) groups is 1. The molecular weight excluding hydrogens is 278 g/mol. The molecule has 0 unspecified atom stereocenters. The first-order valence-electron chi connectivity index (χ1n) is 5.97. The molecule has 2 aromatic rings. The van der Waals surface area contributed by atoms with Crippen LogP contribution in [0.5, 0.6) is 0 Å². The molecule has 0 amide bonds. The Morgan fingerprint density at radius 2 is 1.95 bits per heavy atom. The van der Waals surface area contributed by atoms with Crippen molar-refractivity contribution in [3.63, 3.8) is 0 Å². The number of halogens is 2. The fourth-order valence-electron chi connectivity index (χ4n) is 1.82. The van der Waals surface area contributed by atoms with Gasteiger partial charge >= 0.3 is 5.97 Å². The van der Waals surface area contributed by atoms with Crippen molar-refractivity contribution in [2.75, 3.05) is 5.32 Å². The van der Waals surface area contributed by atoms with E-state index in [0.29, 0.717) is 17.2 Å². The quantitative estimate of drug-likeness (QED) is 0.906. The minimum Gasteiger partial charge on any atom is -0.478 e. The first kappa shape index (κ1) is 14.5. The van der Waals surface area contributed by atoms with Gasteiger partial charge < -0.3 is 10.4 Å². The van der Waals surface area contributed by atoms with Gasteiger partial charge in [-0.1, -0.05) is 18.2 Å². The normalized spacial score (nSPS) is 9.95. The molecule has 4 nitrogen and oxygen atoms in total. The number of aromatic carboxylic acids is 1. The number of hydrogen-bond acceptors (Lipinski definition) is 3. The summed E-state index contributed by atoms with van der Waals surface area (Å²) in [5.74, 6) is -3.51. The standard InChI is InChI=1S/C15H10F2N2O2/c16-12-6-13(17)14(5-11(12)15(20)21)19-8-10-4-2-1-3-9(10)7-18/h1-6,19H,8H2,(H,20,21). The second-order valence-electron chi connectivity index (χ2n) is 4.24. The Balaban J connectivity index is 2.26. The van der Waals surface area contributed by atoms with Crippen LogP contribution in [-0.2, 0) is 6.54 Å². The van der Waals surface area contributed by atoms with E-state index < -0.39 is 23.2 Å². The molecule has 0 aliphatic carbocycles. The summed E-state index contributed by atoms with van der Waals surface area (Å²) in [6.07, 6.45) is 0. The van der Waals surface area contributed by atoms with Crippen LogP contribution in [0.2, 0.25) is 0 Å². The van der Waals surface area contributed by atoms with Crippen LogP contribution >= 0.6 is 0 Å². The monoisotopic (exact) mass is 288 g/mol. The van der Waals surface area contributed by atoms with Crippen LogP contribution in [0.25, 0.3) is 0 Å². The molecule has 0 aliphatic rings. The molecule has 2 aromatic carbocycles. The number of anilines is 1. The summed E-state index contributed by atoms with van der Waals surface area (Å²) < 4.78 is 26.9. The number of rotatable bonds is 4. The van der Waals surface area contributed by atoms with Crippen LogP contribution in [-0.4, -0.2) is 11.1 Å². The Morgan fingerprint density at radius 1 is 1.24 bits per heavy atom.